The first-order valence-corrected chi connectivity index (χ1v) is 12.2. The zero-order valence-corrected chi connectivity index (χ0v) is 18.1. The quantitative estimate of drug-likeness (QED) is 0.558. The average molecular weight is 423 g/mol. The van der Waals surface area contributed by atoms with Crippen molar-refractivity contribution in [1.82, 2.24) is 14.9 Å². The van der Waals surface area contributed by atoms with Crippen molar-refractivity contribution in [3.05, 3.63) is 24.3 Å². The van der Waals surface area contributed by atoms with Crippen molar-refractivity contribution >= 4 is 21.6 Å². The molecule has 2 saturated heterocycles. The molecule has 3 rings (SSSR count). The minimum atomic E-state index is -3.46. The standard InChI is InChI=1S/C21H34N4O3S/c1-17-9-13-25(14-10-17)29(27,28)20-6-4-19(5-7-20)24-21(26)16-23-12-8-18-3-2-11-22-15-18/h4-7,17-18,22-23H,2-3,8-16H2,1H3,(H,24,26). The van der Waals surface area contributed by atoms with E-state index in [1.807, 2.05) is 0 Å². The van der Waals surface area contributed by atoms with Crippen molar-refractivity contribution in [2.24, 2.45) is 11.8 Å². The molecule has 3 N–H and O–H groups in total. The summed E-state index contributed by atoms with van der Waals surface area (Å²) >= 11 is 0. The van der Waals surface area contributed by atoms with Gasteiger partial charge in [0.2, 0.25) is 15.9 Å². The fourth-order valence-electron chi connectivity index (χ4n) is 3.97. The predicted octanol–water partition coefficient (Wildman–Crippen LogP) is 2.03. The number of sulfonamides is 1. The molecule has 0 saturated carbocycles. The van der Waals surface area contributed by atoms with Gasteiger partial charge in [-0.1, -0.05) is 6.92 Å². The molecule has 0 aliphatic carbocycles. The molecule has 2 fully saturated rings. The zero-order chi connectivity index (χ0) is 20.7. The van der Waals surface area contributed by atoms with Crippen LogP contribution < -0.4 is 16.0 Å². The van der Waals surface area contributed by atoms with Crippen molar-refractivity contribution < 1.29 is 13.2 Å². The highest BCUT2D eigenvalue weighted by atomic mass is 32.2. The Hall–Kier alpha value is -1.48. The molecule has 29 heavy (non-hydrogen) atoms. The van der Waals surface area contributed by atoms with Crippen LogP contribution in [-0.2, 0) is 14.8 Å². The first-order valence-electron chi connectivity index (χ1n) is 10.8. The van der Waals surface area contributed by atoms with Crippen LogP contribution in [-0.4, -0.2) is 57.9 Å². The summed E-state index contributed by atoms with van der Waals surface area (Å²) in [4.78, 5) is 12.4. The van der Waals surface area contributed by atoms with Gasteiger partial charge in [-0.25, -0.2) is 8.42 Å². The van der Waals surface area contributed by atoms with Crippen LogP contribution in [0, 0.1) is 11.8 Å². The number of anilines is 1. The van der Waals surface area contributed by atoms with Gasteiger partial charge in [0, 0.05) is 18.8 Å². The van der Waals surface area contributed by atoms with Crippen molar-refractivity contribution in [3.8, 4) is 0 Å². The first-order chi connectivity index (χ1) is 13.9. The summed E-state index contributed by atoms with van der Waals surface area (Å²) in [7, 11) is -3.46. The van der Waals surface area contributed by atoms with Crippen molar-refractivity contribution in [3.63, 3.8) is 0 Å². The minimum Gasteiger partial charge on any atom is -0.325 e. The second-order valence-corrected chi connectivity index (χ2v) is 10.3. The number of carbonyl (C=O) groups is 1. The van der Waals surface area contributed by atoms with E-state index < -0.39 is 10.0 Å². The van der Waals surface area contributed by atoms with Gasteiger partial charge in [0.05, 0.1) is 11.4 Å². The molecule has 1 unspecified atom stereocenters. The molecule has 0 bridgehead atoms. The van der Waals surface area contributed by atoms with E-state index in [0.717, 1.165) is 38.9 Å². The van der Waals surface area contributed by atoms with E-state index in [0.29, 0.717) is 30.6 Å². The number of nitrogens with zero attached hydrogens (tertiary/aromatic N) is 1. The van der Waals surface area contributed by atoms with Crippen LogP contribution in [0.15, 0.2) is 29.2 Å². The molecule has 1 aromatic rings. The molecule has 1 amide bonds. The highest BCUT2D eigenvalue weighted by Gasteiger charge is 2.27. The number of nitrogens with one attached hydrogen (secondary N) is 3. The highest BCUT2D eigenvalue weighted by molar-refractivity contribution is 7.89. The molecule has 0 aromatic heterocycles. The predicted molar refractivity (Wildman–Crippen MR) is 115 cm³/mol. The lowest BCUT2D eigenvalue weighted by Crippen LogP contribution is -2.37. The molecule has 162 valence electrons. The van der Waals surface area contributed by atoms with Gasteiger partial charge in [0.15, 0.2) is 0 Å². The number of carbonyl (C=O) groups excluding carboxylic acids is 1. The van der Waals surface area contributed by atoms with E-state index in [1.165, 1.54) is 12.8 Å². The number of rotatable bonds is 8. The summed E-state index contributed by atoms with van der Waals surface area (Å²) in [5, 5.41) is 9.42. The summed E-state index contributed by atoms with van der Waals surface area (Å²) in [6.45, 7) is 6.57. The molecule has 0 spiro atoms. The number of piperidine rings is 2. The summed E-state index contributed by atoms with van der Waals surface area (Å²) in [6, 6.07) is 6.47. The Morgan fingerprint density at radius 1 is 1.17 bits per heavy atom. The first kappa shape index (κ1) is 22.2. The van der Waals surface area contributed by atoms with E-state index >= 15 is 0 Å². The van der Waals surface area contributed by atoms with Crippen LogP contribution in [0.1, 0.15) is 39.0 Å². The van der Waals surface area contributed by atoms with E-state index in [-0.39, 0.29) is 17.3 Å². The SMILES string of the molecule is CC1CCN(S(=O)(=O)c2ccc(NC(=O)CNCCC3CCCNC3)cc2)CC1. The summed E-state index contributed by atoms with van der Waals surface area (Å²) < 4.78 is 27.1. The van der Waals surface area contributed by atoms with Gasteiger partial charge in [0.1, 0.15) is 0 Å². The van der Waals surface area contributed by atoms with Crippen LogP contribution in [0.2, 0.25) is 0 Å². The number of amides is 1. The molecular weight excluding hydrogens is 388 g/mol. The smallest absolute Gasteiger partial charge is 0.243 e. The van der Waals surface area contributed by atoms with Crippen LogP contribution in [0.3, 0.4) is 0 Å². The third-order valence-corrected chi connectivity index (χ3v) is 7.85. The van der Waals surface area contributed by atoms with Crippen LogP contribution in [0.4, 0.5) is 5.69 Å². The maximum Gasteiger partial charge on any atom is 0.243 e. The van der Waals surface area contributed by atoms with Gasteiger partial charge in [-0.15, -0.1) is 0 Å². The lowest BCUT2D eigenvalue weighted by atomic mass is 9.96. The fourth-order valence-corrected chi connectivity index (χ4v) is 5.44. The lowest BCUT2D eigenvalue weighted by molar-refractivity contribution is -0.115. The molecule has 7 nitrogen and oxygen atoms in total. The summed E-state index contributed by atoms with van der Waals surface area (Å²) in [6.07, 6.45) is 5.36. The Morgan fingerprint density at radius 2 is 1.90 bits per heavy atom. The second-order valence-electron chi connectivity index (χ2n) is 8.34. The van der Waals surface area contributed by atoms with Crippen molar-refractivity contribution in [2.45, 2.75) is 43.9 Å². The molecule has 0 radical (unpaired) electrons. The third-order valence-electron chi connectivity index (χ3n) is 5.93. The number of hydrogen-bond donors (Lipinski definition) is 3. The lowest BCUT2D eigenvalue weighted by Gasteiger charge is -2.29. The Kier molecular flexibility index (Phi) is 8.06. The van der Waals surface area contributed by atoms with Crippen LogP contribution >= 0.6 is 0 Å². The largest absolute Gasteiger partial charge is 0.325 e. The van der Waals surface area contributed by atoms with Crippen molar-refractivity contribution in [2.75, 3.05) is 44.6 Å². The number of benzene rings is 1. The van der Waals surface area contributed by atoms with E-state index in [9.17, 15) is 13.2 Å². The van der Waals surface area contributed by atoms with Gasteiger partial charge < -0.3 is 16.0 Å². The Bertz CT molecular complexity index is 753. The maximum atomic E-state index is 12.8. The minimum absolute atomic E-state index is 0.118. The molecule has 1 atom stereocenters. The molecule has 8 heteroatoms. The highest BCUT2D eigenvalue weighted by Crippen LogP contribution is 2.24. The normalized spacial score (nSPS) is 21.8. The molecule has 2 heterocycles. The molecule has 1 aromatic carbocycles. The molecular formula is C21H34N4O3S. The van der Waals surface area contributed by atoms with E-state index in [1.54, 1.807) is 28.6 Å². The van der Waals surface area contributed by atoms with Gasteiger partial charge in [-0.3, -0.25) is 4.79 Å². The van der Waals surface area contributed by atoms with Crippen molar-refractivity contribution in [1.29, 1.82) is 0 Å². The van der Waals surface area contributed by atoms with Crippen LogP contribution in [0.5, 0.6) is 0 Å². The van der Waals surface area contributed by atoms with Crippen LogP contribution in [0.25, 0.3) is 0 Å². The Morgan fingerprint density at radius 3 is 2.55 bits per heavy atom. The third kappa shape index (κ3) is 6.50. The molecule has 2 aliphatic rings. The summed E-state index contributed by atoms with van der Waals surface area (Å²) in [5.41, 5.74) is 0.611. The molecule has 2 aliphatic heterocycles. The van der Waals surface area contributed by atoms with Gasteiger partial charge in [0.25, 0.3) is 0 Å². The van der Waals surface area contributed by atoms with E-state index in [4.69, 9.17) is 0 Å². The fraction of sp³-hybridized carbons (Fsp3) is 0.667. The van der Waals surface area contributed by atoms with Gasteiger partial charge >= 0.3 is 0 Å². The zero-order valence-electron chi connectivity index (χ0n) is 17.3. The monoisotopic (exact) mass is 422 g/mol. The average Bonchev–Trinajstić information content (AvgIpc) is 2.73. The van der Waals surface area contributed by atoms with Gasteiger partial charge in [-0.2, -0.15) is 4.31 Å². The van der Waals surface area contributed by atoms with E-state index in [2.05, 4.69) is 22.9 Å². The van der Waals surface area contributed by atoms with Gasteiger partial charge in [-0.05, 0) is 87.8 Å². The number of hydrogen-bond acceptors (Lipinski definition) is 5. The Labute approximate surface area is 174 Å². The maximum absolute atomic E-state index is 12.8. The summed E-state index contributed by atoms with van der Waals surface area (Å²) in [5.74, 6) is 1.15. The second kappa shape index (κ2) is 10.5. The Balaban J connectivity index is 1.43. The topological polar surface area (TPSA) is 90.5 Å².